The number of rotatable bonds is 5. The van der Waals surface area contributed by atoms with Crippen LogP contribution in [0, 0.1) is 23.2 Å². The molecule has 190 valence electrons. The molecule has 0 N–H and O–H groups in total. The fourth-order valence-electron chi connectivity index (χ4n) is 6.60. The summed E-state index contributed by atoms with van der Waals surface area (Å²) in [6, 6.07) is 14.1. The van der Waals surface area contributed by atoms with Crippen molar-refractivity contribution in [3.63, 3.8) is 0 Å². The van der Waals surface area contributed by atoms with Gasteiger partial charge < -0.3 is 14.0 Å². The van der Waals surface area contributed by atoms with Crippen LogP contribution in [0.5, 0.6) is 5.88 Å². The molecule has 5 heterocycles. The number of ether oxygens (including phenoxy) is 2. The van der Waals surface area contributed by atoms with E-state index in [1.165, 1.54) is 4.90 Å². The monoisotopic (exact) mass is 528 g/mol. The predicted molar refractivity (Wildman–Crippen MR) is 137 cm³/mol. The molecular formula is C28H21ClN4O5. The maximum absolute atomic E-state index is 14.0. The highest BCUT2D eigenvalue weighted by Gasteiger charge is 2.73. The Balaban J connectivity index is 1.21. The number of carbonyl (C=O) groups is 2. The summed E-state index contributed by atoms with van der Waals surface area (Å²) in [4.78, 5) is 33.4. The quantitative estimate of drug-likeness (QED) is 0.339. The number of anilines is 1. The third-order valence-corrected chi connectivity index (χ3v) is 8.52. The van der Waals surface area contributed by atoms with Crippen LogP contribution in [0.2, 0.25) is 5.02 Å². The zero-order valence-electron chi connectivity index (χ0n) is 20.3. The molecule has 3 fully saturated rings. The van der Waals surface area contributed by atoms with Gasteiger partial charge in [0.25, 0.3) is 5.88 Å². The van der Waals surface area contributed by atoms with Crippen LogP contribution in [0.15, 0.2) is 53.2 Å². The second kappa shape index (κ2) is 8.00. The number of nitriles is 1. The Bertz CT molecular complexity index is 1710. The number of halogens is 1. The Morgan fingerprint density at radius 3 is 2.84 bits per heavy atom. The molecule has 3 aliphatic rings. The van der Waals surface area contributed by atoms with Crippen molar-refractivity contribution in [3.05, 3.63) is 59.2 Å². The molecule has 0 spiro atoms. The number of fused-ring (bicyclic) bond motifs is 7. The summed E-state index contributed by atoms with van der Waals surface area (Å²) in [5, 5.41) is 15.3. The topological polar surface area (TPSA) is 119 Å². The number of benzene rings is 2. The molecule has 2 aromatic heterocycles. The summed E-state index contributed by atoms with van der Waals surface area (Å²) < 4.78 is 17.8. The van der Waals surface area contributed by atoms with Gasteiger partial charge in [-0.15, -0.1) is 0 Å². The molecule has 9 nitrogen and oxygen atoms in total. The molecule has 2 aromatic carbocycles. The lowest BCUT2D eigenvalue weighted by atomic mass is 9.67. The fourth-order valence-corrected chi connectivity index (χ4v) is 6.78. The summed E-state index contributed by atoms with van der Waals surface area (Å²) >= 11 is 6.12. The molecule has 0 unspecified atom stereocenters. The van der Waals surface area contributed by atoms with Crippen LogP contribution < -0.4 is 9.64 Å². The van der Waals surface area contributed by atoms with Gasteiger partial charge in [0.1, 0.15) is 6.07 Å². The largest absolute Gasteiger partial charge is 0.475 e. The molecule has 0 aliphatic carbocycles. The lowest BCUT2D eigenvalue weighted by Crippen LogP contribution is -2.43. The molecule has 0 saturated carbocycles. The summed E-state index contributed by atoms with van der Waals surface area (Å²) in [7, 11) is 0. The van der Waals surface area contributed by atoms with Crippen molar-refractivity contribution in [1.29, 1.82) is 5.26 Å². The highest BCUT2D eigenvalue weighted by atomic mass is 35.5. The Kier molecular flexibility index (Phi) is 4.87. The van der Waals surface area contributed by atoms with Gasteiger partial charge in [0, 0.05) is 23.0 Å². The van der Waals surface area contributed by atoms with E-state index in [1.807, 2.05) is 6.92 Å². The molecule has 7 rings (SSSR count). The molecular weight excluding hydrogens is 508 g/mol. The minimum absolute atomic E-state index is 0.221. The average molecular weight is 529 g/mol. The number of aromatic nitrogens is 2. The third kappa shape index (κ3) is 3.08. The standard InChI is InChI=1S/C28H21ClN4O5/c1-27-8-9-28(38-27,10-12-36-24-18-13-16(29)5-7-20(18)37-32-24)22-21(27)25(34)33(26(22)35)19-6-4-15(14-30)23-17(19)3-2-11-31-23/h2-7,11,13,21-22H,8-10,12H2,1H3/t21-,22+,27-,28-/m1/s1. The van der Waals surface area contributed by atoms with Gasteiger partial charge in [0.2, 0.25) is 11.8 Å². The molecule has 2 bridgehead atoms. The Hall–Kier alpha value is -4.00. The minimum atomic E-state index is -0.835. The molecule has 4 atom stereocenters. The third-order valence-electron chi connectivity index (χ3n) is 8.28. The number of amides is 2. The van der Waals surface area contributed by atoms with Crippen molar-refractivity contribution in [2.24, 2.45) is 11.8 Å². The first-order valence-electron chi connectivity index (χ1n) is 12.4. The van der Waals surface area contributed by atoms with Crippen molar-refractivity contribution >= 4 is 51.0 Å². The highest BCUT2D eigenvalue weighted by molar-refractivity contribution is 6.31. The molecule has 38 heavy (non-hydrogen) atoms. The van der Waals surface area contributed by atoms with Crippen LogP contribution in [0.1, 0.15) is 31.7 Å². The van der Waals surface area contributed by atoms with E-state index in [4.69, 9.17) is 25.6 Å². The normalized spacial score (nSPS) is 27.9. The maximum Gasteiger partial charge on any atom is 0.262 e. The average Bonchev–Trinajstić information content (AvgIpc) is 3.62. The van der Waals surface area contributed by atoms with E-state index in [1.54, 1.807) is 48.7 Å². The van der Waals surface area contributed by atoms with Crippen molar-refractivity contribution in [2.75, 3.05) is 11.5 Å². The van der Waals surface area contributed by atoms with Gasteiger partial charge >= 0.3 is 0 Å². The van der Waals surface area contributed by atoms with Crippen molar-refractivity contribution in [2.45, 2.75) is 37.4 Å². The van der Waals surface area contributed by atoms with Gasteiger partial charge in [-0.3, -0.25) is 14.6 Å². The van der Waals surface area contributed by atoms with Crippen LogP contribution >= 0.6 is 11.6 Å². The second-order valence-electron chi connectivity index (χ2n) is 10.3. The SMILES string of the molecule is C[C@]12CC[C@](CCOc3noc4ccc(Cl)cc34)(O1)[C@@H]1C(=O)N(c3ccc(C#N)c4ncccc34)C(=O)[C@@H]12. The smallest absolute Gasteiger partial charge is 0.262 e. The van der Waals surface area contributed by atoms with Crippen molar-refractivity contribution in [3.8, 4) is 11.9 Å². The first kappa shape index (κ1) is 23.1. The maximum atomic E-state index is 14.0. The van der Waals surface area contributed by atoms with Crippen LogP contribution in [0.25, 0.3) is 21.9 Å². The van der Waals surface area contributed by atoms with Crippen molar-refractivity contribution in [1.82, 2.24) is 10.1 Å². The summed E-state index contributed by atoms with van der Waals surface area (Å²) in [5.74, 6) is -1.49. The lowest BCUT2D eigenvalue weighted by molar-refractivity contribution is -0.131. The van der Waals surface area contributed by atoms with E-state index in [9.17, 15) is 14.9 Å². The lowest BCUT2D eigenvalue weighted by Gasteiger charge is -2.31. The van der Waals surface area contributed by atoms with E-state index in [-0.39, 0.29) is 18.4 Å². The van der Waals surface area contributed by atoms with E-state index < -0.39 is 23.0 Å². The van der Waals surface area contributed by atoms with Crippen molar-refractivity contribution < 1.29 is 23.6 Å². The molecule has 2 amide bonds. The summed E-state index contributed by atoms with van der Waals surface area (Å²) in [5.41, 5.74) is 0.258. The van der Waals surface area contributed by atoms with Gasteiger partial charge in [-0.1, -0.05) is 11.6 Å². The molecule has 4 aromatic rings. The highest BCUT2D eigenvalue weighted by Crippen LogP contribution is 2.62. The fraction of sp³-hybridized carbons (Fsp3) is 0.321. The summed E-state index contributed by atoms with van der Waals surface area (Å²) in [6.45, 7) is 2.14. The van der Waals surface area contributed by atoms with Gasteiger partial charge in [-0.05, 0) is 67.4 Å². The second-order valence-corrected chi connectivity index (χ2v) is 10.8. The summed E-state index contributed by atoms with van der Waals surface area (Å²) in [6.07, 6.45) is 3.30. The van der Waals surface area contributed by atoms with Gasteiger partial charge in [0.05, 0.1) is 51.8 Å². The molecule has 3 saturated heterocycles. The number of pyridine rings is 1. The van der Waals surface area contributed by atoms with Crippen LogP contribution in [0.4, 0.5) is 5.69 Å². The Morgan fingerprint density at radius 1 is 1.16 bits per heavy atom. The van der Waals surface area contributed by atoms with Crippen LogP contribution in [0.3, 0.4) is 0 Å². The first-order valence-corrected chi connectivity index (χ1v) is 12.8. The van der Waals surface area contributed by atoms with Crippen LogP contribution in [-0.2, 0) is 14.3 Å². The Morgan fingerprint density at radius 2 is 2.00 bits per heavy atom. The van der Waals surface area contributed by atoms with E-state index in [0.29, 0.717) is 63.3 Å². The van der Waals surface area contributed by atoms with E-state index >= 15 is 0 Å². The van der Waals surface area contributed by atoms with Gasteiger partial charge in [0.15, 0.2) is 5.58 Å². The predicted octanol–water partition coefficient (Wildman–Crippen LogP) is 4.80. The van der Waals surface area contributed by atoms with Gasteiger partial charge in [-0.25, -0.2) is 4.90 Å². The number of hydrogen-bond donors (Lipinski definition) is 0. The zero-order valence-corrected chi connectivity index (χ0v) is 21.1. The molecule has 0 radical (unpaired) electrons. The number of carbonyl (C=O) groups excluding carboxylic acids is 2. The minimum Gasteiger partial charge on any atom is -0.475 e. The Labute approximate surface area is 221 Å². The first-order chi connectivity index (χ1) is 18.3. The van der Waals surface area contributed by atoms with Crippen LogP contribution in [-0.4, -0.2) is 39.8 Å². The number of imide groups is 1. The number of hydrogen-bond acceptors (Lipinski definition) is 8. The molecule has 3 aliphatic heterocycles. The van der Waals surface area contributed by atoms with Gasteiger partial charge in [-0.2, -0.15) is 5.26 Å². The van der Waals surface area contributed by atoms with E-state index in [0.717, 1.165) is 0 Å². The number of nitrogens with zero attached hydrogens (tertiary/aromatic N) is 4. The zero-order chi connectivity index (χ0) is 26.2. The van der Waals surface area contributed by atoms with E-state index in [2.05, 4.69) is 16.2 Å². The molecule has 10 heteroatoms.